The van der Waals surface area contributed by atoms with Crippen LogP contribution in [0.2, 0.25) is 0 Å². The van der Waals surface area contributed by atoms with Gasteiger partial charge >= 0.3 is 0 Å². The molecule has 0 aromatic rings. The lowest BCUT2D eigenvalue weighted by molar-refractivity contribution is -0.122. The number of hydrogen-bond donors (Lipinski definition) is 2. The molecule has 6 heteroatoms. The SMILES string of the molecule is CC(C)(O)C1CCN(CCN2CCOCC2)C1.O=CO. The van der Waals surface area contributed by atoms with Gasteiger partial charge in [-0.1, -0.05) is 0 Å². The van der Waals surface area contributed by atoms with Crippen molar-refractivity contribution in [2.45, 2.75) is 25.9 Å². The van der Waals surface area contributed by atoms with Crippen molar-refractivity contribution >= 4 is 6.47 Å². The predicted octanol–water partition coefficient (Wildman–Crippen LogP) is 0.112. The molecule has 0 aromatic carbocycles. The fraction of sp³-hybridized carbons (Fsp3) is 0.929. The first-order valence-corrected chi connectivity index (χ1v) is 7.30. The van der Waals surface area contributed by atoms with Gasteiger partial charge in [-0.05, 0) is 26.8 Å². The molecule has 1 atom stereocenters. The number of nitrogens with zero attached hydrogens (tertiary/aromatic N) is 2. The average molecular weight is 288 g/mol. The van der Waals surface area contributed by atoms with Crippen LogP contribution in [0.1, 0.15) is 20.3 Å². The first-order valence-electron chi connectivity index (χ1n) is 7.30. The van der Waals surface area contributed by atoms with Gasteiger partial charge in [-0.15, -0.1) is 0 Å². The van der Waals surface area contributed by atoms with E-state index in [1.807, 2.05) is 13.8 Å². The molecule has 2 heterocycles. The van der Waals surface area contributed by atoms with Gasteiger partial charge in [0.15, 0.2) is 0 Å². The second kappa shape index (κ2) is 8.56. The minimum absolute atomic E-state index is 0.250. The Bertz CT molecular complexity index is 275. The van der Waals surface area contributed by atoms with Crippen LogP contribution in [0.4, 0.5) is 0 Å². The highest BCUT2D eigenvalue weighted by Gasteiger charge is 2.33. The molecule has 6 nitrogen and oxygen atoms in total. The van der Waals surface area contributed by atoms with Gasteiger partial charge in [0.05, 0.1) is 18.8 Å². The molecule has 0 bridgehead atoms. The topological polar surface area (TPSA) is 73.2 Å². The van der Waals surface area contributed by atoms with E-state index in [0.29, 0.717) is 5.92 Å². The molecule has 0 amide bonds. The van der Waals surface area contributed by atoms with E-state index in [0.717, 1.165) is 58.9 Å². The summed E-state index contributed by atoms with van der Waals surface area (Å²) < 4.78 is 5.34. The molecule has 0 aliphatic carbocycles. The highest BCUT2D eigenvalue weighted by atomic mass is 16.5. The molecular formula is C14H28N2O4. The van der Waals surface area contributed by atoms with E-state index in [1.54, 1.807) is 0 Å². The van der Waals surface area contributed by atoms with Gasteiger partial charge in [0.1, 0.15) is 0 Å². The van der Waals surface area contributed by atoms with E-state index in [9.17, 15) is 5.11 Å². The Hall–Kier alpha value is -0.690. The summed E-state index contributed by atoms with van der Waals surface area (Å²) in [5, 5.41) is 16.9. The van der Waals surface area contributed by atoms with Crippen molar-refractivity contribution in [3.63, 3.8) is 0 Å². The van der Waals surface area contributed by atoms with Crippen molar-refractivity contribution in [3.8, 4) is 0 Å². The maximum absolute atomic E-state index is 10.00. The van der Waals surface area contributed by atoms with Crippen molar-refractivity contribution in [1.82, 2.24) is 9.80 Å². The lowest BCUT2D eigenvalue weighted by Crippen LogP contribution is -2.41. The fourth-order valence-electron chi connectivity index (χ4n) is 2.72. The van der Waals surface area contributed by atoms with Crippen LogP contribution in [0.15, 0.2) is 0 Å². The van der Waals surface area contributed by atoms with Crippen LogP contribution >= 0.6 is 0 Å². The molecule has 0 saturated carbocycles. The van der Waals surface area contributed by atoms with Crippen molar-refractivity contribution in [2.24, 2.45) is 5.92 Å². The van der Waals surface area contributed by atoms with Crippen molar-refractivity contribution in [2.75, 3.05) is 52.5 Å². The van der Waals surface area contributed by atoms with Crippen molar-refractivity contribution < 1.29 is 19.7 Å². The largest absolute Gasteiger partial charge is 0.483 e. The number of morpholine rings is 1. The second-order valence-electron chi connectivity index (χ2n) is 6.00. The monoisotopic (exact) mass is 288 g/mol. The van der Waals surface area contributed by atoms with Gasteiger partial charge in [-0.3, -0.25) is 9.69 Å². The summed E-state index contributed by atoms with van der Waals surface area (Å²) in [7, 11) is 0. The zero-order chi connectivity index (χ0) is 15.0. The number of likely N-dealkylation sites (tertiary alicyclic amines) is 1. The molecule has 20 heavy (non-hydrogen) atoms. The Balaban J connectivity index is 0.000000612. The van der Waals surface area contributed by atoms with Crippen LogP contribution < -0.4 is 0 Å². The summed E-state index contributed by atoms with van der Waals surface area (Å²) in [6.07, 6.45) is 1.13. The summed E-state index contributed by atoms with van der Waals surface area (Å²) >= 11 is 0. The maximum Gasteiger partial charge on any atom is 0.290 e. The van der Waals surface area contributed by atoms with Crippen LogP contribution in [0.5, 0.6) is 0 Å². The highest BCUT2D eigenvalue weighted by molar-refractivity contribution is 5.32. The number of ether oxygens (including phenoxy) is 1. The predicted molar refractivity (Wildman–Crippen MR) is 76.8 cm³/mol. The van der Waals surface area contributed by atoms with E-state index >= 15 is 0 Å². The highest BCUT2D eigenvalue weighted by Crippen LogP contribution is 2.26. The van der Waals surface area contributed by atoms with Crippen LogP contribution in [0.3, 0.4) is 0 Å². The molecule has 2 aliphatic rings. The van der Waals surface area contributed by atoms with Crippen molar-refractivity contribution in [3.05, 3.63) is 0 Å². The molecule has 2 rings (SSSR count). The molecule has 118 valence electrons. The molecule has 2 N–H and O–H groups in total. The van der Waals surface area contributed by atoms with E-state index in [-0.39, 0.29) is 6.47 Å². The zero-order valence-corrected chi connectivity index (χ0v) is 12.6. The molecular weight excluding hydrogens is 260 g/mol. The molecule has 1 unspecified atom stereocenters. The smallest absolute Gasteiger partial charge is 0.290 e. The normalized spacial score (nSPS) is 25.1. The van der Waals surface area contributed by atoms with Crippen molar-refractivity contribution in [1.29, 1.82) is 0 Å². The van der Waals surface area contributed by atoms with E-state index < -0.39 is 5.60 Å². The summed E-state index contributed by atoms with van der Waals surface area (Å²) in [5.41, 5.74) is -0.520. The van der Waals surface area contributed by atoms with Crippen LogP contribution in [0, 0.1) is 5.92 Å². The summed E-state index contributed by atoms with van der Waals surface area (Å²) in [6, 6.07) is 0. The molecule has 2 aliphatic heterocycles. The Labute approximate surface area is 121 Å². The Kier molecular flexibility index (Phi) is 7.43. The first-order chi connectivity index (χ1) is 9.47. The number of rotatable bonds is 4. The minimum atomic E-state index is -0.520. The van der Waals surface area contributed by atoms with Gasteiger partial charge in [-0.25, -0.2) is 0 Å². The lowest BCUT2D eigenvalue weighted by atomic mass is 9.90. The molecule has 2 fully saturated rings. The first kappa shape index (κ1) is 17.4. The van der Waals surface area contributed by atoms with E-state index in [1.165, 1.54) is 0 Å². The van der Waals surface area contributed by atoms with E-state index in [4.69, 9.17) is 14.6 Å². The van der Waals surface area contributed by atoms with Gasteiger partial charge in [0, 0.05) is 38.6 Å². The minimum Gasteiger partial charge on any atom is -0.483 e. The third kappa shape index (κ3) is 6.17. The van der Waals surface area contributed by atoms with Crippen LogP contribution in [-0.4, -0.2) is 84.6 Å². The zero-order valence-electron chi connectivity index (χ0n) is 12.6. The Morgan fingerprint density at radius 3 is 2.25 bits per heavy atom. The molecule has 0 radical (unpaired) electrons. The van der Waals surface area contributed by atoms with Gasteiger partial charge < -0.3 is 19.8 Å². The second-order valence-corrected chi connectivity index (χ2v) is 6.00. The number of carbonyl (C=O) groups is 1. The standard InChI is InChI=1S/C13H26N2O2.CH2O2/c1-13(2,16)12-3-4-15(11-12)6-5-14-7-9-17-10-8-14;2-1-3/h12,16H,3-11H2,1-2H3;1H,(H,2,3). The van der Waals surface area contributed by atoms with E-state index in [2.05, 4.69) is 9.80 Å². The van der Waals surface area contributed by atoms with Crippen LogP contribution in [0.25, 0.3) is 0 Å². The summed E-state index contributed by atoms with van der Waals surface area (Å²) in [5.74, 6) is 0.437. The maximum atomic E-state index is 10.00. The van der Waals surface area contributed by atoms with Gasteiger partial charge in [0.2, 0.25) is 0 Å². The van der Waals surface area contributed by atoms with Crippen LogP contribution in [-0.2, 0) is 9.53 Å². The number of hydrogen-bond acceptors (Lipinski definition) is 5. The Morgan fingerprint density at radius 1 is 1.20 bits per heavy atom. The average Bonchev–Trinajstić information content (AvgIpc) is 2.87. The fourth-order valence-corrected chi connectivity index (χ4v) is 2.72. The number of carboxylic acid groups (broad SMARTS) is 1. The Morgan fingerprint density at radius 2 is 1.75 bits per heavy atom. The quantitative estimate of drug-likeness (QED) is 0.716. The number of aliphatic hydroxyl groups is 1. The molecule has 0 spiro atoms. The van der Waals surface area contributed by atoms with Gasteiger partial charge in [-0.2, -0.15) is 0 Å². The lowest BCUT2D eigenvalue weighted by Gasteiger charge is -2.29. The molecule has 0 aromatic heterocycles. The summed E-state index contributed by atoms with van der Waals surface area (Å²) in [6.45, 7) is 12.0. The molecule has 2 saturated heterocycles. The summed E-state index contributed by atoms with van der Waals surface area (Å²) in [4.78, 5) is 13.3. The third-order valence-electron chi connectivity index (χ3n) is 4.11. The third-order valence-corrected chi connectivity index (χ3v) is 4.11. The van der Waals surface area contributed by atoms with Gasteiger partial charge in [0.25, 0.3) is 6.47 Å².